The average molecular weight is 362 g/mol. The highest BCUT2D eigenvalue weighted by Crippen LogP contribution is 2.30. The molecule has 4 heteroatoms. The minimum Gasteiger partial charge on any atom is -0.302 e. The van der Waals surface area contributed by atoms with Crippen molar-refractivity contribution in [1.29, 1.82) is 0 Å². The predicted molar refractivity (Wildman–Crippen MR) is 84.6 cm³/mol. The summed E-state index contributed by atoms with van der Waals surface area (Å²) in [6.45, 7) is 0.576. The topological polar surface area (TPSA) is 32.7 Å². The lowest BCUT2D eigenvalue weighted by atomic mass is 10.1. The summed E-state index contributed by atoms with van der Waals surface area (Å²) in [4.78, 5) is 14.2. The lowest BCUT2D eigenvalue weighted by molar-refractivity contribution is -0.112. The first kappa shape index (κ1) is 12.3. The molecule has 1 aliphatic heterocycles. The molecule has 1 amide bonds. The number of carbonyl (C=O) groups is 1. The second-order valence-electron chi connectivity index (χ2n) is 4.33. The van der Waals surface area contributed by atoms with Crippen molar-refractivity contribution >= 4 is 40.2 Å². The normalized spacial score (nSPS) is 15.9. The molecular formula is C15H11IN2O. The van der Waals surface area contributed by atoms with Gasteiger partial charge in [0, 0.05) is 5.56 Å². The van der Waals surface area contributed by atoms with Crippen molar-refractivity contribution in [2.45, 2.75) is 6.54 Å². The Morgan fingerprint density at radius 2 is 1.68 bits per heavy atom. The molecule has 0 saturated heterocycles. The Morgan fingerprint density at radius 3 is 2.42 bits per heavy atom. The number of anilines is 1. The van der Waals surface area contributed by atoms with Gasteiger partial charge in [-0.05, 0) is 11.6 Å². The van der Waals surface area contributed by atoms with Crippen LogP contribution in [0.1, 0.15) is 11.1 Å². The molecule has 19 heavy (non-hydrogen) atoms. The third-order valence-electron chi connectivity index (χ3n) is 3.17. The fourth-order valence-electron chi connectivity index (χ4n) is 2.27. The number of para-hydroxylation sites is 1. The number of amides is 1. The molecule has 0 saturated carbocycles. The van der Waals surface area contributed by atoms with Crippen LogP contribution in [0, 0.1) is 0 Å². The Kier molecular flexibility index (Phi) is 3.33. The summed E-state index contributed by atoms with van der Waals surface area (Å²) in [7, 11) is 0. The number of hydrogen-bond acceptors (Lipinski definition) is 2. The standard InChI is InChI=1S/C15H11IN2O/c16-17-14-12-8-4-5-9-13(12)18(15(14)19)10-11-6-2-1-3-7-11/h1-9H,10H2. The molecule has 1 heterocycles. The minimum absolute atomic E-state index is 0.0283. The molecule has 2 aromatic carbocycles. The van der Waals surface area contributed by atoms with E-state index < -0.39 is 0 Å². The Balaban J connectivity index is 2.01. The fraction of sp³-hybridized carbons (Fsp3) is 0.0667. The second kappa shape index (κ2) is 5.13. The Hall–Kier alpha value is -1.69. The summed E-state index contributed by atoms with van der Waals surface area (Å²) in [5.41, 5.74) is 3.50. The first-order chi connectivity index (χ1) is 9.31. The van der Waals surface area contributed by atoms with Gasteiger partial charge in [0.05, 0.1) is 35.1 Å². The minimum atomic E-state index is -0.0283. The molecule has 0 fully saturated rings. The smallest absolute Gasteiger partial charge is 0.278 e. The summed E-state index contributed by atoms with van der Waals surface area (Å²) in [5, 5.41) is 0. The summed E-state index contributed by atoms with van der Waals surface area (Å²) >= 11 is 1.88. The fourth-order valence-corrected chi connectivity index (χ4v) is 2.73. The maximum atomic E-state index is 12.4. The van der Waals surface area contributed by atoms with E-state index in [0.717, 1.165) is 16.8 Å². The van der Waals surface area contributed by atoms with Crippen LogP contribution in [0.5, 0.6) is 0 Å². The van der Waals surface area contributed by atoms with Crippen LogP contribution < -0.4 is 4.90 Å². The second-order valence-corrected chi connectivity index (χ2v) is 4.81. The van der Waals surface area contributed by atoms with Crippen molar-refractivity contribution < 1.29 is 4.79 Å². The van der Waals surface area contributed by atoms with Crippen LogP contribution in [-0.2, 0) is 11.3 Å². The van der Waals surface area contributed by atoms with Crippen LogP contribution in [0.4, 0.5) is 5.69 Å². The summed E-state index contributed by atoms with van der Waals surface area (Å²) < 4.78 is 4.10. The van der Waals surface area contributed by atoms with Crippen LogP contribution >= 0.6 is 22.9 Å². The third kappa shape index (κ3) is 2.16. The highest BCUT2D eigenvalue weighted by molar-refractivity contribution is 14.1. The maximum absolute atomic E-state index is 12.4. The number of benzene rings is 2. The van der Waals surface area contributed by atoms with Gasteiger partial charge in [0.1, 0.15) is 5.71 Å². The molecule has 3 rings (SSSR count). The van der Waals surface area contributed by atoms with Crippen molar-refractivity contribution in [3.63, 3.8) is 0 Å². The van der Waals surface area contributed by atoms with Crippen LogP contribution in [0.3, 0.4) is 0 Å². The van der Waals surface area contributed by atoms with Crippen LogP contribution in [0.15, 0.2) is 57.8 Å². The van der Waals surface area contributed by atoms with E-state index in [2.05, 4.69) is 3.21 Å². The van der Waals surface area contributed by atoms with E-state index in [1.165, 1.54) is 0 Å². The number of carbonyl (C=O) groups excluding carboxylic acids is 1. The zero-order valence-electron chi connectivity index (χ0n) is 10.1. The summed E-state index contributed by atoms with van der Waals surface area (Å²) in [6.07, 6.45) is 0. The largest absolute Gasteiger partial charge is 0.302 e. The molecular weight excluding hydrogens is 351 g/mol. The Labute approximate surface area is 125 Å². The van der Waals surface area contributed by atoms with Gasteiger partial charge in [0.25, 0.3) is 5.91 Å². The number of fused-ring (bicyclic) bond motifs is 1. The summed E-state index contributed by atoms with van der Waals surface area (Å²) in [5.74, 6) is -0.0283. The molecule has 0 unspecified atom stereocenters. The van der Waals surface area contributed by atoms with Crippen LogP contribution in [-0.4, -0.2) is 11.6 Å². The van der Waals surface area contributed by atoms with Crippen molar-refractivity contribution in [1.82, 2.24) is 0 Å². The molecule has 3 nitrogen and oxygen atoms in total. The van der Waals surface area contributed by atoms with Gasteiger partial charge >= 0.3 is 0 Å². The third-order valence-corrected chi connectivity index (χ3v) is 3.65. The molecule has 94 valence electrons. The van der Waals surface area contributed by atoms with Gasteiger partial charge in [0.2, 0.25) is 0 Å². The Bertz CT molecular complexity index is 652. The molecule has 0 bridgehead atoms. The lowest BCUT2D eigenvalue weighted by Gasteiger charge is -2.16. The quantitative estimate of drug-likeness (QED) is 0.754. The van der Waals surface area contributed by atoms with Gasteiger partial charge in [-0.15, -0.1) is 0 Å². The van der Waals surface area contributed by atoms with Gasteiger partial charge in [-0.1, -0.05) is 48.5 Å². The molecule has 0 aliphatic carbocycles. The number of halogens is 1. The molecule has 2 aromatic rings. The van der Waals surface area contributed by atoms with E-state index in [9.17, 15) is 4.79 Å². The molecule has 0 N–H and O–H groups in total. The molecule has 0 spiro atoms. The maximum Gasteiger partial charge on any atom is 0.278 e. The number of rotatable bonds is 2. The highest BCUT2D eigenvalue weighted by Gasteiger charge is 2.33. The molecule has 0 aromatic heterocycles. The first-order valence-corrected chi connectivity index (χ1v) is 6.92. The van der Waals surface area contributed by atoms with Crippen molar-refractivity contribution in [3.05, 3.63) is 65.7 Å². The van der Waals surface area contributed by atoms with Gasteiger partial charge in [0.15, 0.2) is 0 Å². The van der Waals surface area contributed by atoms with Gasteiger partial charge in [-0.25, -0.2) is 3.21 Å². The van der Waals surface area contributed by atoms with Crippen molar-refractivity contribution in [2.75, 3.05) is 4.90 Å². The van der Waals surface area contributed by atoms with E-state index >= 15 is 0 Å². The average Bonchev–Trinajstić information content (AvgIpc) is 2.73. The van der Waals surface area contributed by atoms with Gasteiger partial charge in [-0.2, -0.15) is 0 Å². The summed E-state index contributed by atoms with van der Waals surface area (Å²) in [6, 6.07) is 17.8. The van der Waals surface area contributed by atoms with Crippen molar-refractivity contribution in [2.24, 2.45) is 3.21 Å². The van der Waals surface area contributed by atoms with E-state index in [4.69, 9.17) is 0 Å². The zero-order valence-corrected chi connectivity index (χ0v) is 12.2. The molecule has 1 aliphatic rings. The van der Waals surface area contributed by atoms with Gasteiger partial charge in [-0.3, -0.25) is 4.79 Å². The molecule has 0 atom stereocenters. The zero-order chi connectivity index (χ0) is 13.2. The SMILES string of the molecule is O=C1C(=NI)c2ccccc2N1Cc1ccccc1. The van der Waals surface area contributed by atoms with Gasteiger partial charge < -0.3 is 4.90 Å². The highest BCUT2D eigenvalue weighted by atomic mass is 127. The molecule has 0 radical (unpaired) electrons. The lowest BCUT2D eigenvalue weighted by Crippen LogP contribution is -2.29. The van der Waals surface area contributed by atoms with E-state index in [-0.39, 0.29) is 5.91 Å². The first-order valence-electron chi connectivity index (χ1n) is 5.95. The van der Waals surface area contributed by atoms with Crippen LogP contribution in [0.25, 0.3) is 0 Å². The van der Waals surface area contributed by atoms with E-state index in [0.29, 0.717) is 12.3 Å². The van der Waals surface area contributed by atoms with Crippen molar-refractivity contribution in [3.8, 4) is 0 Å². The number of hydrogen-bond donors (Lipinski definition) is 0. The van der Waals surface area contributed by atoms with Crippen LogP contribution in [0.2, 0.25) is 0 Å². The monoisotopic (exact) mass is 362 g/mol. The Morgan fingerprint density at radius 1 is 1.00 bits per heavy atom. The predicted octanol–water partition coefficient (Wildman–Crippen LogP) is 3.37. The number of nitrogens with zero attached hydrogens (tertiary/aromatic N) is 2. The van der Waals surface area contributed by atoms with E-state index in [1.54, 1.807) is 4.90 Å². The van der Waals surface area contributed by atoms with E-state index in [1.807, 2.05) is 77.5 Å².